The third kappa shape index (κ3) is 5.16. The second-order valence-corrected chi connectivity index (χ2v) is 7.32. The van der Waals surface area contributed by atoms with Crippen LogP contribution in [0.25, 0.3) is 11.1 Å². The van der Waals surface area contributed by atoms with Crippen LogP contribution in [0.3, 0.4) is 0 Å². The zero-order chi connectivity index (χ0) is 19.1. The first-order chi connectivity index (χ1) is 13.2. The summed E-state index contributed by atoms with van der Waals surface area (Å²) in [6.45, 7) is 5.26. The summed E-state index contributed by atoms with van der Waals surface area (Å²) >= 11 is 0. The van der Waals surface area contributed by atoms with Crippen LogP contribution >= 0.6 is 0 Å². The van der Waals surface area contributed by atoms with Gasteiger partial charge in [-0.05, 0) is 49.9 Å². The number of ether oxygens (including phenoxy) is 2. The van der Waals surface area contributed by atoms with E-state index >= 15 is 0 Å². The molecule has 2 aromatic rings. The Morgan fingerprint density at radius 2 is 2.04 bits per heavy atom. The van der Waals surface area contributed by atoms with Gasteiger partial charge >= 0.3 is 0 Å². The average molecular weight is 371 g/mol. The van der Waals surface area contributed by atoms with E-state index in [1.807, 2.05) is 37.3 Å². The summed E-state index contributed by atoms with van der Waals surface area (Å²) in [6, 6.07) is 13.4. The molecule has 1 N–H and O–H groups in total. The largest absolute Gasteiger partial charge is 0.385 e. The molecule has 1 saturated heterocycles. The first kappa shape index (κ1) is 20.0. The number of rotatable bonds is 8. The van der Waals surface area contributed by atoms with E-state index in [2.05, 4.69) is 5.32 Å². The maximum atomic E-state index is 14.9. The van der Waals surface area contributed by atoms with Gasteiger partial charge in [-0.25, -0.2) is 4.39 Å². The summed E-state index contributed by atoms with van der Waals surface area (Å²) < 4.78 is 26.4. The van der Waals surface area contributed by atoms with Gasteiger partial charge in [-0.3, -0.25) is 0 Å². The standard InChI is InChI=1S/C23H30FNO2/c1-17-7-3-8-18(15-17)22-20(10-4-11-21(22)24)23(27-14-6-13-26-2)19-9-5-12-25-16-19/h3-4,7-8,10-11,15,19,23,25H,5-6,9,12-14,16H2,1-2H3/t19?,23-/m1/s1. The summed E-state index contributed by atoms with van der Waals surface area (Å²) in [5, 5.41) is 3.47. The van der Waals surface area contributed by atoms with Gasteiger partial charge < -0.3 is 14.8 Å². The lowest BCUT2D eigenvalue weighted by molar-refractivity contribution is -0.00482. The molecule has 0 saturated carbocycles. The molecule has 0 amide bonds. The highest BCUT2D eigenvalue weighted by Gasteiger charge is 2.29. The average Bonchev–Trinajstić information content (AvgIpc) is 2.68. The minimum absolute atomic E-state index is 0.124. The molecule has 146 valence electrons. The van der Waals surface area contributed by atoms with Crippen molar-refractivity contribution < 1.29 is 13.9 Å². The molecular weight excluding hydrogens is 341 g/mol. The second kappa shape index (κ2) is 9.98. The molecule has 2 aromatic carbocycles. The van der Waals surface area contributed by atoms with E-state index in [1.54, 1.807) is 19.2 Å². The van der Waals surface area contributed by atoms with Crippen LogP contribution in [0.5, 0.6) is 0 Å². The Balaban J connectivity index is 1.96. The summed E-state index contributed by atoms with van der Waals surface area (Å²) in [4.78, 5) is 0. The molecular formula is C23H30FNO2. The van der Waals surface area contributed by atoms with Gasteiger partial charge in [0.15, 0.2) is 0 Å². The van der Waals surface area contributed by atoms with Gasteiger partial charge in [-0.1, -0.05) is 42.0 Å². The minimum atomic E-state index is -0.188. The smallest absolute Gasteiger partial charge is 0.131 e. The highest BCUT2D eigenvalue weighted by molar-refractivity contribution is 5.69. The first-order valence-electron chi connectivity index (χ1n) is 9.87. The van der Waals surface area contributed by atoms with E-state index in [1.165, 1.54) is 0 Å². The van der Waals surface area contributed by atoms with E-state index in [4.69, 9.17) is 9.47 Å². The van der Waals surface area contributed by atoms with Gasteiger partial charge in [0, 0.05) is 38.3 Å². The lowest BCUT2D eigenvalue weighted by atomic mass is 9.85. The molecule has 27 heavy (non-hydrogen) atoms. The Morgan fingerprint density at radius 1 is 1.19 bits per heavy atom. The molecule has 0 spiro atoms. The van der Waals surface area contributed by atoms with E-state index in [9.17, 15) is 4.39 Å². The van der Waals surface area contributed by atoms with E-state index in [-0.39, 0.29) is 11.9 Å². The lowest BCUT2D eigenvalue weighted by Gasteiger charge is -2.32. The van der Waals surface area contributed by atoms with Gasteiger partial charge in [0.2, 0.25) is 0 Å². The van der Waals surface area contributed by atoms with Crippen molar-refractivity contribution in [2.45, 2.75) is 32.3 Å². The molecule has 0 bridgehead atoms. The van der Waals surface area contributed by atoms with Crippen LogP contribution < -0.4 is 5.32 Å². The summed E-state index contributed by atoms with van der Waals surface area (Å²) in [6.07, 6.45) is 2.92. The number of halogens is 1. The molecule has 1 heterocycles. The zero-order valence-electron chi connectivity index (χ0n) is 16.3. The number of aryl methyl sites for hydroxylation is 1. The van der Waals surface area contributed by atoms with Crippen LogP contribution in [0.1, 0.15) is 36.5 Å². The number of nitrogens with one attached hydrogen (secondary N) is 1. The Hall–Kier alpha value is -1.75. The normalized spacial score (nSPS) is 18.4. The molecule has 0 radical (unpaired) electrons. The third-order valence-electron chi connectivity index (χ3n) is 5.21. The van der Waals surface area contributed by atoms with Crippen LogP contribution in [-0.4, -0.2) is 33.4 Å². The third-order valence-corrected chi connectivity index (χ3v) is 5.21. The molecule has 3 rings (SSSR count). The molecule has 1 aliphatic heterocycles. The topological polar surface area (TPSA) is 30.5 Å². The highest BCUT2D eigenvalue weighted by atomic mass is 19.1. The Labute approximate surface area is 161 Å². The molecule has 4 heteroatoms. The number of hydrogen-bond donors (Lipinski definition) is 1. The fourth-order valence-electron chi connectivity index (χ4n) is 3.91. The fourth-order valence-corrected chi connectivity index (χ4v) is 3.91. The molecule has 0 aromatic heterocycles. The summed E-state index contributed by atoms with van der Waals surface area (Å²) in [7, 11) is 1.70. The van der Waals surface area contributed by atoms with Crippen LogP contribution in [0.4, 0.5) is 4.39 Å². The molecule has 1 unspecified atom stereocenters. The predicted molar refractivity (Wildman–Crippen MR) is 107 cm³/mol. The van der Waals surface area contributed by atoms with Crippen LogP contribution in [0, 0.1) is 18.7 Å². The van der Waals surface area contributed by atoms with Gasteiger partial charge in [-0.15, -0.1) is 0 Å². The number of benzene rings is 2. The summed E-state index contributed by atoms with van der Waals surface area (Å²) in [5.74, 6) is 0.152. The maximum Gasteiger partial charge on any atom is 0.131 e. The molecule has 3 nitrogen and oxygen atoms in total. The van der Waals surface area contributed by atoms with Gasteiger partial charge in [0.25, 0.3) is 0 Å². The van der Waals surface area contributed by atoms with Crippen LogP contribution in [0.15, 0.2) is 42.5 Å². The molecule has 1 fully saturated rings. The number of piperidine rings is 1. The predicted octanol–water partition coefficient (Wildman–Crippen LogP) is 4.89. The maximum absolute atomic E-state index is 14.9. The fraction of sp³-hybridized carbons (Fsp3) is 0.478. The van der Waals surface area contributed by atoms with Crippen molar-refractivity contribution in [2.75, 3.05) is 33.4 Å². The van der Waals surface area contributed by atoms with Crippen molar-refractivity contribution in [3.63, 3.8) is 0 Å². The lowest BCUT2D eigenvalue weighted by Crippen LogP contribution is -2.34. The van der Waals surface area contributed by atoms with Crippen molar-refractivity contribution in [1.29, 1.82) is 0 Å². The van der Waals surface area contributed by atoms with Gasteiger partial charge in [0.1, 0.15) is 5.82 Å². The van der Waals surface area contributed by atoms with E-state index < -0.39 is 0 Å². The van der Waals surface area contributed by atoms with Crippen LogP contribution in [0.2, 0.25) is 0 Å². The quantitative estimate of drug-likeness (QED) is 0.670. The molecule has 2 atom stereocenters. The Bertz CT molecular complexity index is 728. The van der Waals surface area contributed by atoms with E-state index in [0.29, 0.717) is 24.7 Å². The van der Waals surface area contributed by atoms with E-state index in [0.717, 1.165) is 49.0 Å². The van der Waals surface area contributed by atoms with Crippen molar-refractivity contribution >= 4 is 0 Å². The van der Waals surface area contributed by atoms with Crippen molar-refractivity contribution in [2.24, 2.45) is 5.92 Å². The number of hydrogen-bond acceptors (Lipinski definition) is 3. The summed E-state index contributed by atoms with van der Waals surface area (Å²) in [5.41, 5.74) is 3.66. The monoisotopic (exact) mass is 371 g/mol. The molecule has 1 aliphatic rings. The second-order valence-electron chi connectivity index (χ2n) is 7.32. The highest BCUT2D eigenvalue weighted by Crippen LogP contribution is 2.38. The molecule has 0 aliphatic carbocycles. The zero-order valence-corrected chi connectivity index (χ0v) is 16.3. The van der Waals surface area contributed by atoms with Crippen molar-refractivity contribution in [3.8, 4) is 11.1 Å². The SMILES string of the molecule is COCCCO[C@@H](c1cccc(F)c1-c1cccc(C)c1)C1CCCNC1. The van der Waals surface area contributed by atoms with Crippen molar-refractivity contribution in [1.82, 2.24) is 5.32 Å². The first-order valence-corrected chi connectivity index (χ1v) is 9.87. The number of methoxy groups -OCH3 is 1. The minimum Gasteiger partial charge on any atom is -0.385 e. The Kier molecular flexibility index (Phi) is 7.39. The van der Waals surface area contributed by atoms with Gasteiger partial charge in [-0.2, -0.15) is 0 Å². The Morgan fingerprint density at radius 3 is 2.78 bits per heavy atom. The van der Waals surface area contributed by atoms with Crippen molar-refractivity contribution in [3.05, 3.63) is 59.4 Å². The van der Waals surface area contributed by atoms with Crippen LogP contribution in [-0.2, 0) is 9.47 Å². The van der Waals surface area contributed by atoms with Gasteiger partial charge in [0.05, 0.1) is 6.10 Å².